The minimum atomic E-state index is -3.69. The molecule has 0 aliphatic rings. The van der Waals surface area contributed by atoms with Gasteiger partial charge in [0.2, 0.25) is 15.9 Å². The van der Waals surface area contributed by atoms with E-state index in [0.717, 1.165) is 10.6 Å². The van der Waals surface area contributed by atoms with Crippen molar-refractivity contribution in [2.75, 3.05) is 29.5 Å². The van der Waals surface area contributed by atoms with Crippen molar-refractivity contribution in [2.24, 2.45) is 0 Å². The number of nitrogens with zero attached hydrogens (tertiary/aromatic N) is 1. The van der Waals surface area contributed by atoms with E-state index in [-0.39, 0.29) is 10.0 Å². The molecule has 0 fully saturated rings. The molecule has 9 heteroatoms. The maximum atomic E-state index is 12.3. The highest BCUT2D eigenvalue weighted by Gasteiger charge is 2.22. The second-order valence-corrected chi connectivity index (χ2v) is 7.81. The Morgan fingerprint density at radius 2 is 1.88 bits per heavy atom. The highest BCUT2D eigenvalue weighted by molar-refractivity contribution is 7.92. The van der Waals surface area contributed by atoms with E-state index in [4.69, 9.17) is 27.9 Å². The van der Waals surface area contributed by atoms with Crippen LogP contribution >= 0.6 is 23.2 Å². The van der Waals surface area contributed by atoms with E-state index in [1.54, 1.807) is 36.4 Å². The average Bonchev–Trinajstić information content (AvgIpc) is 2.56. The Morgan fingerprint density at radius 1 is 1.20 bits per heavy atom. The zero-order chi connectivity index (χ0) is 18.6. The lowest BCUT2D eigenvalue weighted by atomic mass is 10.3. The van der Waals surface area contributed by atoms with E-state index in [0.29, 0.717) is 17.1 Å². The molecule has 0 unspecified atom stereocenters. The minimum absolute atomic E-state index is 0.185. The molecule has 0 heterocycles. The number of sulfonamides is 1. The number of methoxy groups -OCH3 is 1. The molecule has 0 aromatic heterocycles. The average molecular weight is 403 g/mol. The summed E-state index contributed by atoms with van der Waals surface area (Å²) in [6.07, 6.45) is 1.02. The summed E-state index contributed by atoms with van der Waals surface area (Å²) in [5.41, 5.74) is 0.618. The van der Waals surface area contributed by atoms with Crippen LogP contribution in [-0.4, -0.2) is 34.2 Å². The minimum Gasteiger partial charge on any atom is -0.497 e. The van der Waals surface area contributed by atoms with Crippen LogP contribution in [0, 0.1) is 0 Å². The first-order valence-corrected chi connectivity index (χ1v) is 9.68. The second-order valence-electron chi connectivity index (χ2n) is 5.12. The first-order valence-electron chi connectivity index (χ1n) is 7.08. The van der Waals surface area contributed by atoms with Gasteiger partial charge in [0.05, 0.1) is 34.8 Å². The van der Waals surface area contributed by atoms with Crippen molar-refractivity contribution >= 4 is 50.5 Å². The molecule has 134 valence electrons. The van der Waals surface area contributed by atoms with Gasteiger partial charge in [-0.2, -0.15) is 0 Å². The van der Waals surface area contributed by atoms with Crippen molar-refractivity contribution in [3.05, 3.63) is 52.5 Å². The van der Waals surface area contributed by atoms with Gasteiger partial charge in [0, 0.05) is 6.07 Å². The predicted octanol–water partition coefficient (Wildman–Crippen LogP) is 3.41. The maximum absolute atomic E-state index is 12.3. The van der Waals surface area contributed by atoms with E-state index in [1.165, 1.54) is 13.2 Å². The Kier molecular flexibility index (Phi) is 6.16. The van der Waals surface area contributed by atoms with Crippen LogP contribution in [0.3, 0.4) is 0 Å². The molecular weight excluding hydrogens is 387 g/mol. The molecule has 0 aliphatic carbocycles. The Bertz CT molecular complexity index is 887. The van der Waals surface area contributed by atoms with Crippen molar-refractivity contribution in [1.29, 1.82) is 0 Å². The molecule has 0 aliphatic heterocycles. The Labute approximate surface area is 156 Å². The lowest BCUT2D eigenvalue weighted by molar-refractivity contribution is -0.114. The Morgan fingerprint density at radius 3 is 2.52 bits per heavy atom. The van der Waals surface area contributed by atoms with E-state index in [1.807, 2.05) is 0 Å². The first kappa shape index (κ1) is 19.4. The fourth-order valence-corrected chi connectivity index (χ4v) is 3.28. The van der Waals surface area contributed by atoms with Crippen LogP contribution in [0.4, 0.5) is 11.4 Å². The highest BCUT2D eigenvalue weighted by Crippen LogP contribution is 2.29. The summed E-state index contributed by atoms with van der Waals surface area (Å²) in [7, 11) is -2.22. The van der Waals surface area contributed by atoms with Crippen LogP contribution in [0.15, 0.2) is 42.5 Å². The summed E-state index contributed by atoms with van der Waals surface area (Å²) in [5, 5.41) is 3.03. The molecular formula is C16H16Cl2N2O4S. The van der Waals surface area contributed by atoms with Crippen LogP contribution in [0.1, 0.15) is 0 Å². The van der Waals surface area contributed by atoms with Gasteiger partial charge < -0.3 is 10.1 Å². The van der Waals surface area contributed by atoms with Crippen molar-refractivity contribution in [2.45, 2.75) is 0 Å². The van der Waals surface area contributed by atoms with Crippen LogP contribution in [0.5, 0.6) is 5.75 Å². The van der Waals surface area contributed by atoms with E-state index >= 15 is 0 Å². The number of ether oxygens (including phenoxy) is 1. The smallest absolute Gasteiger partial charge is 0.245 e. The van der Waals surface area contributed by atoms with Gasteiger partial charge in [0.1, 0.15) is 12.3 Å². The zero-order valence-corrected chi connectivity index (χ0v) is 15.8. The number of rotatable bonds is 6. The molecule has 1 N–H and O–H groups in total. The van der Waals surface area contributed by atoms with Gasteiger partial charge in [0.15, 0.2) is 0 Å². The number of anilines is 2. The van der Waals surface area contributed by atoms with Gasteiger partial charge in [-0.3, -0.25) is 9.10 Å². The number of hydrogen-bond acceptors (Lipinski definition) is 4. The number of amides is 1. The summed E-state index contributed by atoms with van der Waals surface area (Å²) in [6.45, 7) is -0.422. The van der Waals surface area contributed by atoms with E-state index in [2.05, 4.69) is 5.32 Å². The predicted molar refractivity (Wildman–Crippen MR) is 100 cm³/mol. The van der Waals surface area contributed by atoms with Crippen molar-refractivity contribution in [3.63, 3.8) is 0 Å². The molecule has 0 spiro atoms. The van der Waals surface area contributed by atoms with Gasteiger partial charge in [-0.15, -0.1) is 0 Å². The molecule has 1 amide bonds. The zero-order valence-electron chi connectivity index (χ0n) is 13.5. The van der Waals surface area contributed by atoms with Crippen LogP contribution in [-0.2, 0) is 14.8 Å². The van der Waals surface area contributed by atoms with Gasteiger partial charge in [-0.05, 0) is 24.3 Å². The van der Waals surface area contributed by atoms with Crippen LogP contribution in [0.2, 0.25) is 10.0 Å². The molecule has 6 nitrogen and oxygen atoms in total. The standard InChI is InChI=1S/C16H16Cl2N2O4S/c1-24-12-6-3-5-11(9-12)20(25(2,22)23)10-15(21)19-14-8-4-7-13(17)16(14)18/h3-9H,10H2,1-2H3,(H,19,21). The van der Waals surface area contributed by atoms with Gasteiger partial charge in [-0.1, -0.05) is 35.3 Å². The molecule has 2 aromatic carbocycles. The molecule has 0 saturated carbocycles. The van der Waals surface area contributed by atoms with E-state index < -0.39 is 22.5 Å². The summed E-state index contributed by atoms with van der Waals surface area (Å²) in [6, 6.07) is 11.2. The topological polar surface area (TPSA) is 75.7 Å². The first-order chi connectivity index (χ1) is 11.7. The molecule has 0 bridgehead atoms. The lowest BCUT2D eigenvalue weighted by Gasteiger charge is -2.22. The van der Waals surface area contributed by atoms with Gasteiger partial charge >= 0.3 is 0 Å². The summed E-state index contributed by atoms with van der Waals surface area (Å²) < 4.78 is 30.3. The third kappa shape index (κ3) is 5.01. The van der Waals surface area contributed by atoms with Crippen molar-refractivity contribution in [1.82, 2.24) is 0 Å². The molecule has 0 radical (unpaired) electrons. The molecule has 2 aromatic rings. The lowest BCUT2D eigenvalue weighted by Crippen LogP contribution is -2.37. The number of halogens is 2. The van der Waals surface area contributed by atoms with Crippen LogP contribution in [0.25, 0.3) is 0 Å². The Hall–Kier alpha value is -1.96. The summed E-state index contributed by atoms with van der Waals surface area (Å²) >= 11 is 11.9. The molecule has 2 rings (SSSR count). The van der Waals surface area contributed by atoms with Gasteiger partial charge in [-0.25, -0.2) is 8.42 Å². The normalized spacial score (nSPS) is 11.0. The van der Waals surface area contributed by atoms with E-state index in [9.17, 15) is 13.2 Å². The van der Waals surface area contributed by atoms with Crippen molar-refractivity contribution in [3.8, 4) is 5.75 Å². The fourth-order valence-electron chi connectivity index (χ4n) is 2.09. The summed E-state index contributed by atoms with van der Waals surface area (Å²) in [5.74, 6) is -0.0816. The fraction of sp³-hybridized carbons (Fsp3) is 0.188. The molecule has 0 saturated heterocycles. The number of nitrogens with one attached hydrogen (secondary N) is 1. The largest absolute Gasteiger partial charge is 0.497 e. The monoisotopic (exact) mass is 402 g/mol. The third-order valence-electron chi connectivity index (χ3n) is 3.25. The quantitative estimate of drug-likeness (QED) is 0.802. The second kappa shape index (κ2) is 7.95. The summed E-state index contributed by atoms with van der Waals surface area (Å²) in [4.78, 5) is 12.3. The molecule has 0 atom stereocenters. The van der Waals surface area contributed by atoms with Crippen LogP contribution < -0.4 is 14.4 Å². The number of benzene rings is 2. The van der Waals surface area contributed by atoms with Crippen molar-refractivity contribution < 1.29 is 17.9 Å². The third-order valence-corrected chi connectivity index (χ3v) is 5.21. The highest BCUT2D eigenvalue weighted by atomic mass is 35.5. The maximum Gasteiger partial charge on any atom is 0.245 e. The number of hydrogen-bond donors (Lipinski definition) is 1. The Balaban J connectivity index is 2.25. The number of carbonyl (C=O) groups excluding carboxylic acids is 1. The number of carbonyl (C=O) groups is 1. The molecule has 25 heavy (non-hydrogen) atoms. The van der Waals surface area contributed by atoms with Gasteiger partial charge in [0.25, 0.3) is 0 Å². The SMILES string of the molecule is COc1cccc(N(CC(=O)Nc2cccc(Cl)c2Cl)S(C)(=O)=O)c1.